The van der Waals surface area contributed by atoms with Gasteiger partial charge in [0.15, 0.2) is 5.78 Å². The molecule has 0 aliphatic rings. The number of fused-ring (bicyclic) bond motifs is 1. The van der Waals surface area contributed by atoms with Crippen LogP contribution in [0.25, 0.3) is 5.52 Å². The highest BCUT2D eigenvalue weighted by Crippen LogP contribution is 2.19. The zero-order chi connectivity index (χ0) is 19.4. The molecule has 0 amide bonds. The third kappa shape index (κ3) is 4.27. The Bertz CT molecular complexity index is 963. The molecule has 1 atom stereocenters. The van der Waals surface area contributed by atoms with Crippen molar-refractivity contribution in [3.63, 3.8) is 0 Å². The Morgan fingerprint density at radius 2 is 1.81 bits per heavy atom. The first-order valence-electron chi connectivity index (χ1n) is 9.02. The molecule has 0 N–H and O–H groups in total. The van der Waals surface area contributed by atoms with Crippen molar-refractivity contribution in [2.75, 3.05) is 0 Å². The normalized spacial score (nSPS) is 12.1. The third-order valence-electron chi connectivity index (χ3n) is 4.44. The van der Waals surface area contributed by atoms with Crippen LogP contribution >= 0.6 is 15.9 Å². The van der Waals surface area contributed by atoms with Gasteiger partial charge in [-0.2, -0.15) is 5.10 Å². The summed E-state index contributed by atoms with van der Waals surface area (Å²) in [5.41, 5.74) is 2.15. The van der Waals surface area contributed by atoms with E-state index >= 15 is 0 Å². The van der Waals surface area contributed by atoms with Crippen LogP contribution in [-0.4, -0.2) is 27.5 Å². The molecule has 1 aromatic carbocycles. The fraction of sp³-hybridized carbons (Fsp3) is 0.286. The second-order valence-electron chi connectivity index (χ2n) is 6.37. The van der Waals surface area contributed by atoms with Crippen LogP contribution in [0, 0.1) is 0 Å². The number of esters is 1. The number of hydrogen-bond acceptors (Lipinski definition) is 4. The highest BCUT2D eigenvalue weighted by molar-refractivity contribution is 9.10. The number of carbonyl (C=O) groups excluding carboxylic acids is 2. The van der Waals surface area contributed by atoms with Gasteiger partial charge in [-0.3, -0.25) is 4.79 Å². The molecular weight excluding hydrogens is 408 g/mol. The molecule has 140 valence electrons. The van der Waals surface area contributed by atoms with Gasteiger partial charge in [0.1, 0.15) is 6.10 Å². The summed E-state index contributed by atoms with van der Waals surface area (Å²) in [6, 6.07) is 10.6. The van der Waals surface area contributed by atoms with Crippen LogP contribution in [0.4, 0.5) is 0 Å². The largest absolute Gasteiger partial charge is 0.459 e. The lowest BCUT2D eigenvalue weighted by Crippen LogP contribution is -2.17. The third-order valence-corrected chi connectivity index (χ3v) is 4.97. The van der Waals surface area contributed by atoms with E-state index in [0.29, 0.717) is 22.2 Å². The Kier molecular flexibility index (Phi) is 6.06. The summed E-state index contributed by atoms with van der Waals surface area (Å²) in [7, 11) is 0. The number of rotatable bonds is 7. The van der Waals surface area contributed by atoms with Crippen molar-refractivity contribution in [1.82, 2.24) is 9.61 Å². The first kappa shape index (κ1) is 19.3. The number of hydrogen-bond donors (Lipinski definition) is 0. The van der Waals surface area contributed by atoms with Crippen LogP contribution in [0.1, 0.15) is 59.4 Å². The number of ketones is 1. The van der Waals surface area contributed by atoms with Gasteiger partial charge in [-0.15, -0.1) is 0 Å². The summed E-state index contributed by atoms with van der Waals surface area (Å²) in [5, 5.41) is 4.24. The predicted octanol–water partition coefficient (Wildman–Crippen LogP) is 5.06. The van der Waals surface area contributed by atoms with Crippen LogP contribution in [0.5, 0.6) is 0 Å². The SMILES string of the molecule is CCCC(CC)OC(=O)c1ccc2c(C(=O)c3ccc(Br)cc3)cnn2c1. The molecule has 0 bridgehead atoms. The van der Waals surface area contributed by atoms with E-state index in [4.69, 9.17) is 4.74 Å². The quantitative estimate of drug-likeness (QED) is 0.389. The topological polar surface area (TPSA) is 60.7 Å². The average molecular weight is 429 g/mol. The van der Waals surface area contributed by atoms with E-state index in [1.165, 1.54) is 6.20 Å². The van der Waals surface area contributed by atoms with E-state index in [0.717, 1.165) is 23.7 Å². The molecule has 5 nitrogen and oxygen atoms in total. The Morgan fingerprint density at radius 3 is 2.48 bits per heavy atom. The van der Waals surface area contributed by atoms with E-state index in [1.807, 2.05) is 19.1 Å². The fourth-order valence-electron chi connectivity index (χ4n) is 2.92. The Balaban J connectivity index is 1.85. The smallest absolute Gasteiger partial charge is 0.339 e. The molecule has 6 heteroatoms. The molecule has 0 aliphatic heterocycles. The molecule has 0 radical (unpaired) electrons. The number of pyridine rings is 1. The summed E-state index contributed by atoms with van der Waals surface area (Å²) in [4.78, 5) is 25.1. The van der Waals surface area contributed by atoms with Gasteiger partial charge in [-0.25, -0.2) is 9.31 Å². The van der Waals surface area contributed by atoms with E-state index in [-0.39, 0.29) is 17.9 Å². The molecule has 0 aliphatic carbocycles. The van der Waals surface area contributed by atoms with Crippen LogP contribution in [0.3, 0.4) is 0 Å². The standard InChI is InChI=1S/C21H21BrN2O3/c1-3-5-17(4-2)27-21(26)15-8-11-19-18(12-23-24(19)13-15)20(25)14-6-9-16(22)10-7-14/h6-13,17H,3-5H2,1-2H3. The lowest BCUT2D eigenvalue weighted by atomic mass is 10.0. The van der Waals surface area contributed by atoms with Gasteiger partial charge in [0.25, 0.3) is 0 Å². The molecule has 1 unspecified atom stereocenters. The molecule has 0 fully saturated rings. The minimum Gasteiger partial charge on any atom is -0.459 e. The monoisotopic (exact) mass is 428 g/mol. The maximum atomic E-state index is 12.7. The van der Waals surface area contributed by atoms with Gasteiger partial charge in [0, 0.05) is 16.2 Å². The zero-order valence-corrected chi connectivity index (χ0v) is 16.9. The van der Waals surface area contributed by atoms with Crippen molar-refractivity contribution in [1.29, 1.82) is 0 Å². The minimum absolute atomic E-state index is 0.0784. The second-order valence-corrected chi connectivity index (χ2v) is 7.28. The number of benzene rings is 1. The van der Waals surface area contributed by atoms with Crippen LogP contribution in [0.15, 0.2) is 53.3 Å². The lowest BCUT2D eigenvalue weighted by molar-refractivity contribution is 0.0271. The van der Waals surface area contributed by atoms with Crippen molar-refractivity contribution >= 4 is 33.2 Å². The van der Waals surface area contributed by atoms with Gasteiger partial charge < -0.3 is 4.74 Å². The predicted molar refractivity (Wildman–Crippen MR) is 107 cm³/mol. The van der Waals surface area contributed by atoms with Crippen LogP contribution < -0.4 is 0 Å². The summed E-state index contributed by atoms with van der Waals surface area (Å²) in [6.45, 7) is 4.07. The number of ether oxygens (including phenoxy) is 1. The molecule has 2 aromatic heterocycles. The maximum Gasteiger partial charge on any atom is 0.339 e. The Hall–Kier alpha value is -2.47. The van der Waals surface area contributed by atoms with E-state index in [2.05, 4.69) is 28.0 Å². The maximum absolute atomic E-state index is 12.7. The summed E-state index contributed by atoms with van der Waals surface area (Å²) >= 11 is 3.36. The van der Waals surface area contributed by atoms with Gasteiger partial charge in [0.2, 0.25) is 0 Å². The first-order valence-corrected chi connectivity index (χ1v) is 9.81. The molecular formula is C21H21BrN2O3. The molecule has 0 spiro atoms. The summed E-state index contributed by atoms with van der Waals surface area (Å²) in [5.74, 6) is -0.477. The minimum atomic E-state index is -0.367. The lowest BCUT2D eigenvalue weighted by Gasteiger charge is -2.15. The fourth-order valence-corrected chi connectivity index (χ4v) is 3.19. The number of halogens is 1. The number of nitrogens with zero attached hydrogens (tertiary/aromatic N) is 2. The van der Waals surface area contributed by atoms with E-state index in [9.17, 15) is 9.59 Å². The Labute approximate surface area is 166 Å². The van der Waals surface area contributed by atoms with Crippen molar-refractivity contribution in [3.05, 3.63) is 70.0 Å². The molecule has 27 heavy (non-hydrogen) atoms. The van der Waals surface area contributed by atoms with Crippen molar-refractivity contribution < 1.29 is 14.3 Å². The van der Waals surface area contributed by atoms with Gasteiger partial charge in [-0.1, -0.05) is 36.2 Å². The highest BCUT2D eigenvalue weighted by atomic mass is 79.9. The number of carbonyl (C=O) groups is 2. The van der Waals surface area contributed by atoms with Crippen LogP contribution in [-0.2, 0) is 4.74 Å². The number of aromatic nitrogens is 2. The first-order chi connectivity index (χ1) is 13.0. The molecule has 0 saturated carbocycles. The Morgan fingerprint density at radius 1 is 1.11 bits per heavy atom. The van der Waals surface area contributed by atoms with E-state index < -0.39 is 0 Å². The van der Waals surface area contributed by atoms with Crippen molar-refractivity contribution in [3.8, 4) is 0 Å². The molecule has 0 saturated heterocycles. The molecule has 3 rings (SSSR count). The van der Waals surface area contributed by atoms with Crippen molar-refractivity contribution in [2.45, 2.75) is 39.2 Å². The van der Waals surface area contributed by atoms with Gasteiger partial charge in [-0.05, 0) is 49.2 Å². The van der Waals surface area contributed by atoms with Crippen LogP contribution in [0.2, 0.25) is 0 Å². The van der Waals surface area contributed by atoms with Crippen molar-refractivity contribution in [2.24, 2.45) is 0 Å². The zero-order valence-electron chi connectivity index (χ0n) is 15.3. The summed E-state index contributed by atoms with van der Waals surface area (Å²) < 4.78 is 8.02. The second kappa shape index (κ2) is 8.48. The molecule has 2 heterocycles. The molecule has 3 aromatic rings. The van der Waals surface area contributed by atoms with Gasteiger partial charge >= 0.3 is 5.97 Å². The average Bonchev–Trinajstić information content (AvgIpc) is 3.10. The van der Waals surface area contributed by atoms with E-state index in [1.54, 1.807) is 35.0 Å². The summed E-state index contributed by atoms with van der Waals surface area (Å²) in [6.07, 6.45) is 5.65. The highest BCUT2D eigenvalue weighted by Gasteiger charge is 2.18. The van der Waals surface area contributed by atoms with Gasteiger partial charge in [0.05, 0.1) is 22.8 Å².